The van der Waals surface area contributed by atoms with Crippen molar-refractivity contribution in [1.29, 1.82) is 0 Å². The fourth-order valence-corrected chi connectivity index (χ4v) is 8.58. The summed E-state index contributed by atoms with van der Waals surface area (Å²) in [5.74, 6) is 0. The van der Waals surface area contributed by atoms with Crippen molar-refractivity contribution in [2.45, 2.75) is 70.7 Å². The first-order chi connectivity index (χ1) is 7.82. The average molecular weight is 258 g/mol. The molecule has 1 atom stereocenters. The van der Waals surface area contributed by atoms with Crippen LogP contribution in [0.1, 0.15) is 48.0 Å². The Kier molecular flexibility index (Phi) is 7.29. The Balaban J connectivity index is 5.09. The Morgan fingerprint density at radius 1 is 1.06 bits per heavy atom. The highest BCUT2D eigenvalue weighted by atomic mass is 28.4. The topological polar surface area (TPSA) is 29.5 Å². The standard InChI is InChI=1S/C14H30O2Si/c1-8-14(9-10-15)16-17(11(2)3,12(4)5)13(6)7/h8,11-15H,1,9-10H2,2-7H3/t14-/m0/s1. The Labute approximate surface area is 108 Å². The highest BCUT2D eigenvalue weighted by molar-refractivity contribution is 6.77. The summed E-state index contributed by atoms with van der Waals surface area (Å²) in [5.41, 5.74) is 1.72. The van der Waals surface area contributed by atoms with E-state index in [1.807, 2.05) is 6.08 Å². The van der Waals surface area contributed by atoms with Gasteiger partial charge in [0.15, 0.2) is 0 Å². The van der Waals surface area contributed by atoms with Crippen LogP contribution in [0.2, 0.25) is 16.6 Å². The quantitative estimate of drug-likeness (QED) is 0.524. The molecule has 0 aliphatic rings. The predicted octanol–water partition coefficient (Wildman–Crippen LogP) is 4.12. The van der Waals surface area contributed by atoms with Crippen LogP contribution in [0.15, 0.2) is 12.7 Å². The van der Waals surface area contributed by atoms with Gasteiger partial charge in [-0.3, -0.25) is 0 Å². The van der Waals surface area contributed by atoms with E-state index in [9.17, 15) is 0 Å². The number of aliphatic hydroxyl groups is 1. The van der Waals surface area contributed by atoms with Crippen LogP contribution in [0, 0.1) is 0 Å². The van der Waals surface area contributed by atoms with Crippen LogP contribution >= 0.6 is 0 Å². The van der Waals surface area contributed by atoms with Gasteiger partial charge in [0.1, 0.15) is 0 Å². The zero-order valence-electron chi connectivity index (χ0n) is 12.4. The third kappa shape index (κ3) is 3.93. The van der Waals surface area contributed by atoms with Crippen LogP contribution in [-0.2, 0) is 4.43 Å². The van der Waals surface area contributed by atoms with E-state index in [0.29, 0.717) is 23.0 Å². The molecule has 3 heteroatoms. The first-order valence-corrected chi connectivity index (χ1v) is 8.88. The van der Waals surface area contributed by atoms with Crippen LogP contribution in [0.4, 0.5) is 0 Å². The Bertz CT molecular complexity index is 202. The van der Waals surface area contributed by atoms with Crippen molar-refractivity contribution < 1.29 is 9.53 Å². The van der Waals surface area contributed by atoms with Gasteiger partial charge in [-0.05, 0) is 23.0 Å². The minimum absolute atomic E-state index is 0.00105. The summed E-state index contributed by atoms with van der Waals surface area (Å²) in [5, 5.41) is 9.07. The van der Waals surface area contributed by atoms with Gasteiger partial charge in [-0.2, -0.15) is 0 Å². The van der Waals surface area contributed by atoms with Crippen molar-refractivity contribution >= 4 is 8.32 Å². The first-order valence-electron chi connectivity index (χ1n) is 6.74. The Morgan fingerprint density at radius 3 is 1.71 bits per heavy atom. The van der Waals surface area contributed by atoms with Gasteiger partial charge in [0, 0.05) is 6.61 Å². The maximum absolute atomic E-state index is 9.07. The van der Waals surface area contributed by atoms with Crippen LogP contribution in [0.5, 0.6) is 0 Å². The van der Waals surface area contributed by atoms with Gasteiger partial charge in [-0.15, -0.1) is 6.58 Å². The summed E-state index contributed by atoms with van der Waals surface area (Å²) in [6, 6.07) is 0. The molecule has 0 saturated carbocycles. The lowest BCUT2D eigenvalue weighted by Crippen LogP contribution is -2.50. The zero-order chi connectivity index (χ0) is 13.6. The molecule has 0 heterocycles. The van der Waals surface area contributed by atoms with Crippen molar-refractivity contribution in [2.75, 3.05) is 6.61 Å². The molecule has 0 rings (SSSR count). The molecule has 0 aliphatic heterocycles. The summed E-state index contributed by atoms with van der Waals surface area (Å²) >= 11 is 0. The molecule has 0 fully saturated rings. The molecular formula is C14H30O2Si. The van der Waals surface area contributed by atoms with E-state index in [1.54, 1.807) is 0 Å². The van der Waals surface area contributed by atoms with Gasteiger partial charge in [0.25, 0.3) is 0 Å². The lowest BCUT2D eigenvalue weighted by atomic mass is 10.3. The monoisotopic (exact) mass is 258 g/mol. The molecule has 2 nitrogen and oxygen atoms in total. The van der Waals surface area contributed by atoms with Gasteiger partial charge in [0.2, 0.25) is 8.32 Å². The van der Waals surface area contributed by atoms with Crippen LogP contribution < -0.4 is 0 Å². The second kappa shape index (κ2) is 7.34. The van der Waals surface area contributed by atoms with Crippen molar-refractivity contribution in [3.8, 4) is 0 Å². The second-order valence-electron chi connectivity index (χ2n) is 5.72. The van der Waals surface area contributed by atoms with E-state index in [0.717, 1.165) is 0 Å². The predicted molar refractivity (Wildman–Crippen MR) is 77.8 cm³/mol. The summed E-state index contributed by atoms with van der Waals surface area (Å²) < 4.78 is 6.47. The third-order valence-electron chi connectivity index (χ3n) is 3.74. The Morgan fingerprint density at radius 2 is 1.47 bits per heavy atom. The van der Waals surface area contributed by atoms with Crippen molar-refractivity contribution in [2.24, 2.45) is 0 Å². The van der Waals surface area contributed by atoms with E-state index >= 15 is 0 Å². The molecule has 0 amide bonds. The molecule has 0 aromatic carbocycles. The molecule has 17 heavy (non-hydrogen) atoms. The SMILES string of the molecule is C=C[C@@H](CCO)O[Si](C(C)C)(C(C)C)C(C)C. The average Bonchev–Trinajstić information content (AvgIpc) is 2.22. The van der Waals surface area contributed by atoms with Gasteiger partial charge >= 0.3 is 0 Å². The molecule has 1 N–H and O–H groups in total. The van der Waals surface area contributed by atoms with E-state index in [4.69, 9.17) is 9.53 Å². The zero-order valence-corrected chi connectivity index (χ0v) is 13.4. The molecule has 0 aromatic heterocycles. The molecule has 0 aromatic rings. The van der Waals surface area contributed by atoms with Crippen molar-refractivity contribution in [3.05, 3.63) is 12.7 Å². The largest absolute Gasteiger partial charge is 0.410 e. The Hall–Kier alpha value is -0.123. The highest BCUT2D eigenvalue weighted by Crippen LogP contribution is 2.43. The van der Waals surface area contributed by atoms with Crippen LogP contribution in [0.25, 0.3) is 0 Å². The molecule has 0 spiro atoms. The van der Waals surface area contributed by atoms with Crippen LogP contribution in [-0.4, -0.2) is 26.1 Å². The highest BCUT2D eigenvalue weighted by Gasteiger charge is 2.46. The van der Waals surface area contributed by atoms with E-state index in [1.165, 1.54) is 0 Å². The van der Waals surface area contributed by atoms with Crippen LogP contribution in [0.3, 0.4) is 0 Å². The minimum atomic E-state index is -1.83. The summed E-state index contributed by atoms with van der Waals surface area (Å²) in [4.78, 5) is 0. The third-order valence-corrected chi connectivity index (χ3v) is 9.86. The molecule has 0 unspecified atom stereocenters. The number of rotatable bonds is 8. The lowest BCUT2D eigenvalue weighted by Gasteiger charge is -2.44. The minimum Gasteiger partial charge on any atom is -0.410 e. The van der Waals surface area contributed by atoms with Crippen molar-refractivity contribution in [1.82, 2.24) is 0 Å². The smallest absolute Gasteiger partial charge is 0.201 e. The van der Waals surface area contributed by atoms with Gasteiger partial charge < -0.3 is 9.53 Å². The summed E-state index contributed by atoms with van der Waals surface area (Å²) in [7, 11) is -1.83. The first kappa shape index (κ1) is 16.9. The maximum Gasteiger partial charge on any atom is 0.201 e. The molecule has 0 radical (unpaired) electrons. The number of hydrogen-bond acceptors (Lipinski definition) is 2. The summed E-state index contributed by atoms with van der Waals surface area (Å²) in [6.45, 7) is 17.6. The van der Waals surface area contributed by atoms with Gasteiger partial charge in [-0.25, -0.2) is 0 Å². The lowest BCUT2D eigenvalue weighted by molar-refractivity contribution is 0.169. The molecule has 0 saturated heterocycles. The fourth-order valence-electron chi connectivity index (χ4n) is 3.02. The maximum atomic E-state index is 9.07. The number of aliphatic hydroxyl groups excluding tert-OH is 1. The van der Waals surface area contributed by atoms with Gasteiger partial charge in [-0.1, -0.05) is 47.6 Å². The summed E-state index contributed by atoms with van der Waals surface area (Å²) in [6.07, 6.45) is 2.49. The van der Waals surface area contributed by atoms with Gasteiger partial charge in [0.05, 0.1) is 6.10 Å². The molecule has 102 valence electrons. The number of hydrogen-bond donors (Lipinski definition) is 1. The molecule has 0 aliphatic carbocycles. The fraction of sp³-hybridized carbons (Fsp3) is 0.857. The van der Waals surface area contributed by atoms with E-state index < -0.39 is 8.32 Å². The van der Waals surface area contributed by atoms with Crippen molar-refractivity contribution in [3.63, 3.8) is 0 Å². The molecule has 0 bridgehead atoms. The van der Waals surface area contributed by atoms with E-state index in [2.05, 4.69) is 48.1 Å². The normalized spacial score (nSPS) is 14.7. The van der Waals surface area contributed by atoms with E-state index in [-0.39, 0.29) is 12.7 Å². The second-order valence-corrected chi connectivity index (χ2v) is 11.1. The molecular weight excluding hydrogens is 228 g/mol.